The Morgan fingerprint density at radius 2 is 1.71 bits per heavy atom. The van der Waals surface area contributed by atoms with E-state index < -0.39 is 0 Å². The van der Waals surface area contributed by atoms with Crippen LogP contribution in [-0.2, 0) is 0 Å². The molecule has 0 saturated heterocycles. The summed E-state index contributed by atoms with van der Waals surface area (Å²) in [6, 6.07) is 11.5. The fourth-order valence-electron chi connectivity index (χ4n) is 1.48. The maximum absolute atomic E-state index is 11.2. The Hall–Kier alpha value is -1.34. The zero-order chi connectivity index (χ0) is 10.1. The highest BCUT2D eigenvalue weighted by Gasteiger charge is 2.06. The number of hydrogen-bond donors (Lipinski definition) is 0. The van der Waals surface area contributed by atoms with E-state index in [1.807, 2.05) is 36.4 Å². The summed E-state index contributed by atoms with van der Waals surface area (Å²) in [6.07, 6.45) is 0. The summed E-state index contributed by atoms with van der Waals surface area (Å²) in [5.74, 6) is 0.000697. The number of ketones is 1. The summed E-state index contributed by atoms with van der Waals surface area (Å²) in [7, 11) is 0. The van der Waals surface area contributed by atoms with E-state index in [0.29, 0.717) is 10.6 Å². The van der Waals surface area contributed by atoms with Gasteiger partial charge in [0.05, 0.1) is 5.02 Å². The van der Waals surface area contributed by atoms with Gasteiger partial charge >= 0.3 is 0 Å². The Morgan fingerprint density at radius 1 is 1.14 bits per heavy atom. The normalized spacial score (nSPS) is 10.4. The number of hydrogen-bond acceptors (Lipinski definition) is 1. The van der Waals surface area contributed by atoms with E-state index in [1.54, 1.807) is 0 Å². The molecule has 0 radical (unpaired) electrons. The Balaban J connectivity index is 2.77. The van der Waals surface area contributed by atoms with Gasteiger partial charge in [-0.2, -0.15) is 0 Å². The van der Waals surface area contributed by atoms with Crippen molar-refractivity contribution in [3.8, 4) is 0 Å². The van der Waals surface area contributed by atoms with Gasteiger partial charge in [-0.1, -0.05) is 35.9 Å². The molecule has 0 N–H and O–H groups in total. The van der Waals surface area contributed by atoms with Crippen molar-refractivity contribution < 1.29 is 4.79 Å². The van der Waals surface area contributed by atoms with Gasteiger partial charge in [-0.15, -0.1) is 0 Å². The lowest BCUT2D eigenvalue weighted by Gasteiger charge is -2.02. The molecule has 2 heteroatoms. The van der Waals surface area contributed by atoms with E-state index in [-0.39, 0.29) is 5.78 Å². The second kappa shape index (κ2) is 3.43. The molecule has 0 aliphatic rings. The van der Waals surface area contributed by atoms with Crippen LogP contribution in [0.3, 0.4) is 0 Å². The van der Waals surface area contributed by atoms with Gasteiger partial charge in [-0.25, -0.2) is 0 Å². The molecule has 0 aromatic heterocycles. The van der Waals surface area contributed by atoms with Gasteiger partial charge in [0, 0.05) is 5.56 Å². The summed E-state index contributed by atoms with van der Waals surface area (Å²) in [5.41, 5.74) is 0.588. The lowest BCUT2D eigenvalue weighted by Crippen LogP contribution is -1.93. The average molecular weight is 205 g/mol. The molecule has 0 amide bonds. The number of fused-ring (bicyclic) bond motifs is 1. The first kappa shape index (κ1) is 9.22. The molecule has 0 heterocycles. The zero-order valence-corrected chi connectivity index (χ0v) is 8.51. The van der Waals surface area contributed by atoms with Gasteiger partial charge in [0.1, 0.15) is 0 Å². The number of carbonyl (C=O) groups is 1. The van der Waals surface area contributed by atoms with Crippen LogP contribution in [0.2, 0.25) is 5.02 Å². The van der Waals surface area contributed by atoms with Crippen LogP contribution in [0, 0.1) is 0 Å². The first-order valence-corrected chi connectivity index (χ1v) is 4.75. The second-order valence-electron chi connectivity index (χ2n) is 3.24. The minimum atomic E-state index is 0.000697. The molecule has 2 aromatic carbocycles. The third-order valence-corrected chi connectivity index (χ3v) is 2.53. The van der Waals surface area contributed by atoms with Gasteiger partial charge < -0.3 is 0 Å². The van der Waals surface area contributed by atoms with E-state index >= 15 is 0 Å². The molecule has 0 aliphatic heterocycles. The third kappa shape index (κ3) is 1.51. The fourth-order valence-corrected chi connectivity index (χ4v) is 1.79. The first-order valence-electron chi connectivity index (χ1n) is 4.38. The van der Waals surface area contributed by atoms with Gasteiger partial charge in [-0.3, -0.25) is 4.79 Å². The maximum atomic E-state index is 11.2. The van der Waals surface area contributed by atoms with Gasteiger partial charge in [-0.05, 0) is 29.8 Å². The fraction of sp³-hybridized carbons (Fsp3) is 0.0833. The van der Waals surface area contributed by atoms with Crippen molar-refractivity contribution in [3.63, 3.8) is 0 Å². The predicted octanol–water partition coefficient (Wildman–Crippen LogP) is 3.70. The van der Waals surface area contributed by atoms with Crippen molar-refractivity contribution >= 4 is 28.2 Å². The molecule has 0 fully saturated rings. The van der Waals surface area contributed by atoms with Crippen LogP contribution in [0.25, 0.3) is 10.8 Å². The molecule has 0 unspecified atom stereocenters. The highest BCUT2D eigenvalue weighted by molar-refractivity contribution is 6.34. The summed E-state index contributed by atoms with van der Waals surface area (Å²) >= 11 is 5.98. The zero-order valence-electron chi connectivity index (χ0n) is 7.75. The average Bonchev–Trinajstić information content (AvgIpc) is 2.16. The van der Waals surface area contributed by atoms with Gasteiger partial charge in [0.25, 0.3) is 0 Å². The van der Waals surface area contributed by atoms with Crippen LogP contribution >= 0.6 is 11.6 Å². The minimum Gasteiger partial charge on any atom is -0.294 e. The molecule has 2 rings (SSSR count). The highest BCUT2D eigenvalue weighted by atomic mass is 35.5. The molecule has 14 heavy (non-hydrogen) atoms. The number of rotatable bonds is 1. The number of benzene rings is 2. The number of carbonyl (C=O) groups excluding carboxylic acids is 1. The molecular formula is C12H9ClO. The van der Waals surface area contributed by atoms with Crippen molar-refractivity contribution in [2.24, 2.45) is 0 Å². The molecule has 0 bridgehead atoms. The van der Waals surface area contributed by atoms with Crippen LogP contribution in [0.1, 0.15) is 17.3 Å². The number of Topliss-reactive ketones (excluding diaryl/α,β-unsaturated/α-hetero) is 1. The first-order chi connectivity index (χ1) is 6.68. The predicted molar refractivity (Wildman–Crippen MR) is 59.0 cm³/mol. The van der Waals surface area contributed by atoms with Crippen LogP contribution in [-0.4, -0.2) is 5.78 Å². The topological polar surface area (TPSA) is 17.1 Å². The van der Waals surface area contributed by atoms with Crippen molar-refractivity contribution in [2.45, 2.75) is 6.92 Å². The van der Waals surface area contributed by atoms with E-state index in [4.69, 9.17) is 11.6 Å². The summed E-state index contributed by atoms with van der Waals surface area (Å²) in [4.78, 5) is 11.2. The quantitative estimate of drug-likeness (QED) is 0.648. The SMILES string of the molecule is CC(=O)c1cc2ccccc2cc1Cl. The Morgan fingerprint density at radius 3 is 2.29 bits per heavy atom. The summed E-state index contributed by atoms with van der Waals surface area (Å²) in [6.45, 7) is 1.52. The van der Waals surface area contributed by atoms with Crippen molar-refractivity contribution in [3.05, 3.63) is 47.0 Å². The summed E-state index contributed by atoms with van der Waals surface area (Å²) < 4.78 is 0. The van der Waals surface area contributed by atoms with E-state index in [9.17, 15) is 4.79 Å². The van der Waals surface area contributed by atoms with E-state index in [1.165, 1.54) is 6.92 Å². The van der Waals surface area contributed by atoms with Gasteiger partial charge in [0.15, 0.2) is 5.78 Å². The molecule has 0 spiro atoms. The molecular weight excluding hydrogens is 196 g/mol. The third-order valence-electron chi connectivity index (χ3n) is 2.21. The molecule has 1 nitrogen and oxygen atoms in total. The lowest BCUT2D eigenvalue weighted by atomic mass is 10.1. The van der Waals surface area contributed by atoms with Crippen LogP contribution < -0.4 is 0 Å². The smallest absolute Gasteiger partial charge is 0.161 e. The number of halogens is 1. The van der Waals surface area contributed by atoms with Crippen molar-refractivity contribution in [1.29, 1.82) is 0 Å². The maximum Gasteiger partial charge on any atom is 0.161 e. The molecule has 0 aliphatic carbocycles. The molecule has 70 valence electrons. The van der Waals surface area contributed by atoms with Crippen LogP contribution in [0.4, 0.5) is 0 Å². The molecule has 2 aromatic rings. The standard InChI is InChI=1S/C12H9ClO/c1-8(14)11-6-9-4-2-3-5-10(9)7-12(11)13/h2-7H,1H3. The largest absolute Gasteiger partial charge is 0.294 e. The van der Waals surface area contributed by atoms with Crippen molar-refractivity contribution in [2.75, 3.05) is 0 Å². The Labute approximate surface area is 87.3 Å². The van der Waals surface area contributed by atoms with Crippen molar-refractivity contribution in [1.82, 2.24) is 0 Å². The Bertz CT molecular complexity index is 503. The second-order valence-corrected chi connectivity index (χ2v) is 3.64. The van der Waals surface area contributed by atoms with Crippen LogP contribution in [0.5, 0.6) is 0 Å². The molecule has 0 atom stereocenters. The van der Waals surface area contributed by atoms with E-state index in [2.05, 4.69) is 0 Å². The van der Waals surface area contributed by atoms with E-state index in [0.717, 1.165) is 10.8 Å². The van der Waals surface area contributed by atoms with Gasteiger partial charge in [0.2, 0.25) is 0 Å². The minimum absolute atomic E-state index is 0.000697. The summed E-state index contributed by atoms with van der Waals surface area (Å²) in [5, 5.41) is 2.63. The Kier molecular flexibility index (Phi) is 2.26. The molecule has 0 saturated carbocycles. The lowest BCUT2D eigenvalue weighted by molar-refractivity contribution is 0.101. The highest BCUT2D eigenvalue weighted by Crippen LogP contribution is 2.24. The van der Waals surface area contributed by atoms with Crippen LogP contribution in [0.15, 0.2) is 36.4 Å². The monoisotopic (exact) mass is 204 g/mol.